The van der Waals surface area contributed by atoms with Gasteiger partial charge in [-0.25, -0.2) is 4.79 Å². The number of nitrogens with one attached hydrogen (secondary N) is 3. The van der Waals surface area contributed by atoms with E-state index in [1.165, 1.54) is 11.8 Å². The Kier molecular flexibility index (Phi) is 9.18. The van der Waals surface area contributed by atoms with Gasteiger partial charge in [0.2, 0.25) is 5.91 Å². The van der Waals surface area contributed by atoms with Gasteiger partial charge in [0.15, 0.2) is 0 Å². The minimum atomic E-state index is -0.290. The summed E-state index contributed by atoms with van der Waals surface area (Å²) in [4.78, 5) is 46.0. The van der Waals surface area contributed by atoms with Gasteiger partial charge in [-0.05, 0) is 70.2 Å². The number of piperidine rings is 2. The average Bonchev–Trinajstić information content (AvgIpc) is 3.38. The summed E-state index contributed by atoms with van der Waals surface area (Å²) in [7, 11) is 3.90. The molecule has 4 amide bonds. The van der Waals surface area contributed by atoms with Gasteiger partial charge in [0.1, 0.15) is 11.5 Å². The SMILES string of the molecule is CN(C)C/C=C/C(=O)N1CCC[C@@H](NC(=O)C2=C3NC(=O)N(c4ccc(Oc5ccccc5)c(Cl)c4)C4CCNC(S2)C34)C1. The molecule has 3 fully saturated rings. The number of anilines is 1. The predicted molar refractivity (Wildman–Crippen MR) is 173 cm³/mol. The number of rotatable bonds is 8. The first-order valence-electron chi connectivity index (χ1n) is 15.0. The highest BCUT2D eigenvalue weighted by molar-refractivity contribution is 8.04. The Labute approximate surface area is 266 Å². The van der Waals surface area contributed by atoms with Crippen LogP contribution >= 0.6 is 23.4 Å². The first-order valence-corrected chi connectivity index (χ1v) is 16.2. The van der Waals surface area contributed by atoms with Crippen LogP contribution in [0.4, 0.5) is 10.5 Å². The molecule has 0 aliphatic carbocycles. The topological polar surface area (TPSA) is 106 Å². The van der Waals surface area contributed by atoms with Gasteiger partial charge in [-0.1, -0.05) is 47.6 Å². The smallest absolute Gasteiger partial charge is 0.326 e. The lowest BCUT2D eigenvalue weighted by atomic mass is 9.86. The van der Waals surface area contributed by atoms with Gasteiger partial charge in [0.05, 0.1) is 21.3 Å². The van der Waals surface area contributed by atoms with Crippen molar-refractivity contribution < 1.29 is 19.1 Å². The van der Waals surface area contributed by atoms with Crippen LogP contribution in [0.2, 0.25) is 5.02 Å². The van der Waals surface area contributed by atoms with Gasteiger partial charge in [0.25, 0.3) is 5.91 Å². The lowest BCUT2D eigenvalue weighted by Gasteiger charge is -2.45. The number of benzene rings is 2. The Morgan fingerprint density at radius 2 is 2.00 bits per heavy atom. The normalized spacial score (nSPS) is 24.9. The largest absolute Gasteiger partial charge is 0.456 e. The maximum absolute atomic E-state index is 13.6. The number of nitrogens with zero attached hydrogens (tertiary/aromatic N) is 3. The quantitative estimate of drug-likeness (QED) is 0.374. The van der Waals surface area contributed by atoms with E-state index in [0.29, 0.717) is 52.4 Å². The molecule has 0 aromatic heterocycles. The van der Waals surface area contributed by atoms with Crippen molar-refractivity contribution in [1.82, 2.24) is 25.8 Å². The number of para-hydroxylation sites is 1. The van der Waals surface area contributed by atoms with Crippen LogP contribution in [-0.4, -0.2) is 85.4 Å². The molecule has 3 saturated heterocycles. The molecule has 0 bridgehead atoms. The average molecular weight is 637 g/mol. The van der Waals surface area contributed by atoms with E-state index < -0.39 is 0 Å². The Balaban J connectivity index is 1.16. The molecular formula is C32H37ClN6O4S. The lowest BCUT2D eigenvalue weighted by molar-refractivity contribution is -0.128. The van der Waals surface area contributed by atoms with Crippen molar-refractivity contribution in [2.75, 3.05) is 45.2 Å². The third-order valence-electron chi connectivity index (χ3n) is 8.31. The summed E-state index contributed by atoms with van der Waals surface area (Å²) in [5, 5.41) is 10.1. The fourth-order valence-electron chi connectivity index (χ4n) is 6.28. The van der Waals surface area contributed by atoms with E-state index in [-0.39, 0.29) is 41.2 Å². The van der Waals surface area contributed by atoms with Crippen molar-refractivity contribution in [3.63, 3.8) is 0 Å². The van der Waals surface area contributed by atoms with Crippen LogP contribution in [0.25, 0.3) is 0 Å². The summed E-state index contributed by atoms with van der Waals surface area (Å²) >= 11 is 8.09. The molecule has 4 atom stereocenters. The third kappa shape index (κ3) is 6.46. The Morgan fingerprint density at radius 1 is 1.18 bits per heavy atom. The van der Waals surface area contributed by atoms with Gasteiger partial charge in [-0.3, -0.25) is 14.5 Å². The monoisotopic (exact) mass is 636 g/mol. The summed E-state index contributed by atoms with van der Waals surface area (Å²) in [5.74, 6) is 0.845. The highest BCUT2D eigenvalue weighted by Gasteiger charge is 2.52. The Morgan fingerprint density at radius 3 is 2.77 bits per heavy atom. The number of carbonyl (C=O) groups excluding carboxylic acids is 3. The van der Waals surface area contributed by atoms with Crippen LogP contribution in [0.1, 0.15) is 19.3 Å². The Hall–Kier alpha value is -3.51. The van der Waals surface area contributed by atoms with E-state index in [1.807, 2.05) is 61.5 Å². The van der Waals surface area contributed by atoms with Gasteiger partial charge in [-0.15, -0.1) is 0 Å². The molecule has 4 aliphatic heterocycles. The number of halogens is 1. The maximum atomic E-state index is 13.6. The van der Waals surface area contributed by atoms with Crippen LogP contribution < -0.4 is 25.6 Å². The molecule has 0 radical (unpaired) electrons. The van der Waals surface area contributed by atoms with Crippen molar-refractivity contribution in [3.8, 4) is 11.5 Å². The minimum Gasteiger partial charge on any atom is -0.456 e. The number of carbonyl (C=O) groups is 3. The molecular weight excluding hydrogens is 600 g/mol. The first kappa shape index (κ1) is 30.5. The second kappa shape index (κ2) is 13.2. The number of hydrogen-bond acceptors (Lipinski definition) is 7. The van der Waals surface area contributed by atoms with Crippen LogP contribution in [0, 0.1) is 5.92 Å². The number of urea groups is 1. The lowest BCUT2D eigenvalue weighted by Crippen LogP contribution is -2.62. The molecule has 3 unspecified atom stereocenters. The second-order valence-electron chi connectivity index (χ2n) is 11.7. The zero-order valence-electron chi connectivity index (χ0n) is 24.8. The van der Waals surface area contributed by atoms with Crippen LogP contribution in [0.15, 0.2) is 71.3 Å². The minimum absolute atomic E-state index is 0.0412. The second-order valence-corrected chi connectivity index (χ2v) is 13.3. The van der Waals surface area contributed by atoms with E-state index >= 15 is 0 Å². The molecule has 4 aliphatic rings. The van der Waals surface area contributed by atoms with Crippen LogP contribution in [0.5, 0.6) is 11.5 Å². The molecule has 44 heavy (non-hydrogen) atoms. The summed E-state index contributed by atoms with van der Waals surface area (Å²) in [6.45, 7) is 2.54. The van der Waals surface area contributed by atoms with Crippen molar-refractivity contribution >= 4 is 46.9 Å². The standard InChI is InChI=1S/C32H37ClN6O4S/c1-37(2)16-7-11-26(40)38-17-6-8-20(19-38)35-30(41)29-28-27-24(14-15-34-31(27)44-29)39(32(42)36-28)21-12-13-25(23(33)18-21)43-22-9-4-3-5-10-22/h3-5,7,9-13,18,20,24,27,31,34H,6,8,14-17,19H2,1-2H3,(H,35,41)(H,36,42)/b11-7+/t20-,24?,27?,31?/m1/s1. The van der Waals surface area contributed by atoms with E-state index in [9.17, 15) is 14.4 Å². The van der Waals surface area contributed by atoms with Crippen molar-refractivity contribution in [3.05, 3.63) is 76.3 Å². The summed E-state index contributed by atoms with van der Waals surface area (Å²) in [6, 6.07) is 14.2. The summed E-state index contributed by atoms with van der Waals surface area (Å²) in [5.41, 5.74) is 1.34. The number of hydrogen-bond donors (Lipinski definition) is 3. The van der Waals surface area contributed by atoms with Crippen molar-refractivity contribution in [2.45, 2.75) is 36.7 Å². The number of thioether (sulfide) groups is 1. The van der Waals surface area contributed by atoms with Gasteiger partial charge in [0, 0.05) is 49.1 Å². The van der Waals surface area contributed by atoms with Gasteiger partial charge >= 0.3 is 6.03 Å². The molecule has 2 aromatic carbocycles. The molecule has 4 heterocycles. The molecule has 0 spiro atoms. The van der Waals surface area contributed by atoms with Crippen molar-refractivity contribution in [2.24, 2.45) is 5.92 Å². The number of likely N-dealkylation sites (tertiary alicyclic amines) is 1. The predicted octanol–water partition coefficient (Wildman–Crippen LogP) is 4.15. The highest BCUT2D eigenvalue weighted by atomic mass is 35.5. The molecule has 6 rings (SSSR count). The number of amides is 4. The fraction of sp³-hybridized carbons (Fsp3) is 0.406. The summed E-state index contributed by atoms with van der Waals surface area (Å²) < 4.78 is 5.93. The maximum Gasteiger partial charge on any atom is 0.326 e. The molecule has 0 saturated carbocycles. The van der Waals surface area contributed by atoms with Crippen LogP contribution in [0.3, 0.4) is 0 Å². The first-order chi connectivity index (χ1) is 21.3. The summed E-state index contributed by atoms with van der Waals surface area (Å²) in [6.07, 6.45) is 5.80. The third-order valence-corrected chi connectivity index (χ3v) is 9.96. The van der Waals surface area contributed by atoms with E-state index in [2.05, 4.69) is 16.0 Å². The Bertz CT molecular complexity index is 1480. The molecule has 232 valence electrons. The fourth-order valence-corrected chi connectivity index (χ4v) is 7.89. The number of ether oxygens (including phenoxy) is 1. The van der Waals surface area contributed by atoms with Gasteiger partial charge in [-0.2, -0.15) is 0 Å². The van der Waals surface area contributed by atoms with E-state index in [0.717, 1.165) is 25.8 Å². The number of likely N-dealkylation sites (N-methyl/N-ethyl adjacent to an activating group) is 1. The zero-order chi connectivity index (χ0) is 30.8. The van der Waals surface area contributed by atoms with E-state index in [4.69, 9.17) is 16.3 Å². The highest BCUT2D eigenvalue weighted by Crippen LogP contribution is 2.48. The van der Waals surface area contributed by atoms with Crippen LogP contribution in [-0.2, 0) is 9.59 Å². The van der Waals surface area contributed by atoms with Gasteiger partial charge < -0.3 is 30.5 Å². The molecule has 12 heteroatoms. The molecule has 3 N–H and O–H groups in total. The zero-order valence-corrected chi connectivity index (χ0v) is 26.4. The molecule has 2 aromatic rings. The molecule has 10 nitrogen and oxygen atoms in total. The van der Waals surface area contributed by atoms with Crippen molar-refractivity contribution in [1.29, 1.82) is 0 Å². The van der Waals surface area contributed by atoms with E-state index in [1.54, 1.807) is 28.0 Å².